The second-order valence-corrected chi connectivity index (χ2v) is 6.92. The molecule has 0 aromatic heterocycles. The molecule has 0 saturated heterocycles. The summed E-state index contributed by atoms with van der Waals surface area (Å²) in [5.74, 6) is 1.50. The minimum absolute atomic E-state index is 0.249. The van der Waals surface area contributed by atoms with E-state index < -0.39 is 0 Å². The zero-order chi connectivity index (χ0) is 16.4. The lowest BCUT2D eigenvalue weighted by Gasteiger charge is -2.25. The fourth-order valence-corrected chi connectivity index (χ4v) is 3.88. The molecule has 0 heterocycles. The van der Waals surface area contributed by atoms with Crippen LogP contribution in [-0.2, 0) is 0 Å². The van der Waals surface area contributed by atoms with E-state index in [4.69, 9.17) is 0 Å². The van der Waals surface area contributed by atoms with Gasteiger partial charge < -0.3 is 10.2 Å². The molecule has 0 aliphatic heterocycles. The number of hydrogen-bond donors (Lipinski definition) is 2. The fourth-order valence-electron chi connectivity index (χ4n) is 3.88. The zero-order valence-corrected chi connectivity index (χ0v) is 14.0. The molecule has 2 heteroatoms. The average Bonchev–Trinajstić information content (AvgIpc) is 2.56. The van der Waals surface area contributed by atoms with Gasteiger partial charge in [-0.25, -0.2) is 0 Å². The van der Waals surface area contributed by atoms with Gasteiger partial charge in [-0.05, 0) is 66.1 Å². The van der Waals surface area contributed by atoms with Crippen molar-refractivity contribution >= 4 is 0 Å². The average molecular weight is 310 g/mol. The highest BCUT2D eigenvalue weighted by Crippen LogP contribution is 2.40. The fraction of sp³-hybridized carbons (Fsp3) is 0.429. The number of phenols is 2. The Morgan fingerprint density at radius 1 is 0.957 bits per heavy atom. The number of aryl methyl sites for hydroxylation is 1. The van der Waals surface area contributed by atoms with E-state index in [0.29, 0.717) is 17.4 Å². The van der Waals surface area contributed by atoms with Crippen LogP contribution in [0.15, 0.2) is 36.4 Å². The zero-order valence-electron chi connectivity index (χ0n) is 14.0. The van der Waals surface area contributed by atoms with Crippen LogP contribution in [0.2, 0.25) is 0 Å². The van der Waals surface area contributed by atoms with Crippen molar-refractivity contribution in [3.8, 4) is 11.5 Å². The molecule has 1 fully saturated rings. The van der Waals surface area contributed by atoms with Crippen molar-refractivity contribution in [3.63, 3.8) is 0 Å². The Balaban J connectivity index is 1.96. The third kappa shape index (κ3) is 3.36. The Kier molecular flexibility index (Phi) is 4.61. The maximum Gasteiger partial charge on any atom is 0.119 e. The lowest BCUT2D eigenvalue weighted by atomic mass is 9.80. The van der Waals surface area contributed by atoms with E-state index >= 15 is 0 Å². The third-order valence-electron chi connectivity index (χ3n) is 5.32. The Labute approximate surface area is 138 Å². The van der Waals surface area contributed by atoms with Gasteiger partial charge in [-0.1, -0.05) is 44.4 Å². The summed E-state index contributed by atoms with van der Waals surface area (Å²) in [6, 6.07) is 11.6. The number of rotatable bonds is 3. The minimum atomic E-state index is 0.249. The molecular weight excluding hydrogens is 284 g/mol. The van der Waals surface area contributed by atoms with Crippen LogP contribution < -0.4 is 0 Å². The van der Waals surface area contributed by atoms with Gasteiger partial charge in [0.2, 0.25) is 0 Å². The molecule has 2 N–H and O–H groups in total. The lowest BCUT2D eigenvalue weighted by molar-refractivity contribution is 0.413. The maximum atomic E-state index is 10.4. The van der Waals surface area contributed by atoms with E-state index in [-0.39, 0.29) is 5.92 Å². The van der Waals surface area contributed by atoms with Crippen molar-refractivity contribution in [1.82, 2.24) is 0 Å². The summed E-state index contributed by atoms with van der Waals surface area (Å²) in [5.41, 5.74) is 4.71. The van der Waals surface area contributed by atoms with E-state index in [1.165, 1.54) is 43.2 Å². The highest BCUT2D eigenvalue weighted by Gasteiger charge is 2.21. The molecule has 0 bridgehead atoms. The normalized spacial score (nSPS) is 17.1. The van der Waals surface area contributed by atoms with Gasteiger partial charge in [0, 0.05) is 5.92 Å². The van der Waals surface area contributed by atoms with Crippen molar-refractivity contribution in [2.24, 2.45) is 0 Å². The predicted molar refractivity (Wildman–Crippen MR) is 94.3 cm³/mol. The van der Waals surface area contributed by atoms with Crippen molar-refractivity contribution in [1.29, 1.82) is 0 Å². The standard InChI is InChI=1S/C21H26O2/c1-14-12-21(23)20(17-6-4-3-5-7-17)13-19(14)15(2)16-8-10-18(22)11-9-16/h8-13,15,17,22-23H,3-7H2,1-2H3. The van der Waals surface area contributed by atoms with Crippen LogP contribution in [0.5, 0.6) is 11.5 Å². The molecule has 23 heavy (non-hydrogen) atoms. The molecule has 1 atom stereocenters. The van der Waals surface area contributed by atoms with E-state index in [1.54, 1.807) is 12.1 Å². The monoisotopic (exact) mass is 310 g/mol. The quantitative estimate of drug-likeness (QED) is 0.774. The van der Waals surface area contributed by atoms with Gasteiger partial charge in [-0.15, -0.1) is 0 Å². The number of aromatic hydroxyl groups is 2. The smallest absolute Gasteiger partial charge is 0.119 e. The molecule has 1 saturated carbocycles. The van der Waals surface area contributed by atoms with Crippen molar-refractivity contribution < 1.29 is 10.2 Å². The van der Waals surface area contributed by atoms with Crippen LogP contribution in [0.1, 0.15) is 73.1 Å². The molecule has 2 aromatic rings. The summed E-state index contributed by atoms with van der Waals surface area (Å²) in [6.45, 7) is 4.26. The topological polar surface area (TPSA) is 40.5 Å². The Morgan fingerprint density at radius 2 is 1.61 bits per heavy atom. The van der Waals surface area contributed by atoms with Gasteiger partial charge in [-0.2, -0.15) is 0 Å². The van der Waals surface area contributed by atoms with Gasteiger partial charge in [-0.3, -0.25) is 0 Å². The van der Waals surface area contributed by atoms with Gasteiger partial charge in [0.15, 0.2) is 0 Å². The van der Waals surface area contributed by atoms with Crippen molar-refractivity contribution in [2.45, 2.75) is 57.8 Å². The largest absolute Gasteiger partial charge is 0.508 e. The molecule has 2 nitrogen and oxygen atoms in total. The van der Waals surface area contributed by atoms with Crippen molar-refractivity contribution in [2.75, 3.05) is 0 Å². The summed E-state index contributed by atoms with van der Waals surface area (Å²) in [4.78, 5) is 0. The molecule has 1 unspecified atom stereocenters. The molecule has 3 rings (SSSR count). The second-order valence-electron chi connectivity index (χ2n) is 6.92. The summed E-state index contributed by atoms with van der Waals surface area (Å²) in [5, 5.41) is 19.9. The van der Waals surface area contributed by atoms with Crippen LogP contribution in [0.25, 0.3) is 0 Å². The Bertz CT molecular complexity index is 667. The first-order chi connectivity index (χ1) is 11.1. The number of benzene rings is 2. The minimum Gasteiger partial charge on any atom is -0.508 e. The van der Waals surface area contributed by atoms with E-state index in [2.05, 4.69) is 19.9 Å². The molecule has 1 aliphatic carbocycles. The van der Waals surface area contributed by atoms with Gasteiger partial charge in [0.1, 0.15) is 11.5 Å². The predicted octanol–water partition coefficient (Wildman–Crippen LogP) is 5.61. The van der Waals surface area contributed by atoms with Gasteiger partial charge >= 0.3 is 0 Å². The van der Waals surface area contributed by atoms with E-state index in [0.717, 1.165) is 11.1 Å². The number of hydrogen-bond acceptors (Lipinski definition) is 2. The molecule has 1 aliphatic rings. The summed E-state index contributed by atoms with van der Waals surface area (Å²) in [6.07, 6.45) is 6.22. The van der Waals surface area contributed by atoms with E-state index in [1.807, 2.05) is 18.2 Å². The van der Waals surface area contributed by atoms with Crippen LogP contribution >= 0.6 is 0 Å². The second kappa shape index (κ2) is 6.66. The lowest BCUT2D eigenvalue weighted by Crippen LogP contribution is -2.07. The van der Waals surface area contributed by atoms with Crippen molar-refractivity contribution in [3.05, 3.63) is 58.7 Å². The van der Waals surface area contributed by atoms with Gasteiger partial charge in [0.25, 0.3) is 0 Å². The molecule has 0 amide bonds. The summed E-state index contributed by atoms with van der Waals surface area (Å²) >= 11 is 0. The molecule has 2 aromatic carbocycles. The van der Waals surface area contributed by atoms with E-state index in [9.17, 15) is 10.2 Å². The van der Waals surface area contributed by atoms with Crippen LogP contribution in [0.4, 0.5) is 0 Å². The first-order valence-corrected chi connectivity index (χ1v) is 8.68. The highest BCUT2D eigenvalue weighted by molar-refractivity contribution is 5.47. The Morgan fingerprint density at radius 3 is 2.26 bits per heavy atom. The Hall–Kier alpha value is -1.96. The SMILES string of the molecule is Cc1cc(O)c(C2CCCCC2)cc1C(C)c1ccc(O)cc1. The molecular formula is C21H26O2. The van der Waals surface area contributed by atoms with Crippen LogP contribution in [0, 0.1) is 6.92 Å². The third-order valence-corrected chi connectivity index (χ3v) is 5.32. The van der Waals surface area contributed by atoms with Crippen LogP contribution in [0.3, 0.4) is 0 Å². The number of phenolic OH excluding ortho intramolecular Hbond substituents is 2. The molecule has 0 radical (unpaired) electrons. The first-order valence-electron chi connectivity index (χ1n) is 8.68. The summed E-state index contributed by atoms with van der Waals surface area (Å²) < 4.78 is 0. The first kappa shape index (κ1) is 15.9. The molecule has 0 spiro atoms. The van der Waals surface area contributed by atoms with Crippen LogP contribution in [-0.4, -0.2) is 10.2 Å². The highest BCUT2D eigenvalue weighted by atomic mass is 16.3. The molecule has 122 valence electrons. The van der Waals surface area contributed by atoms with Gasteiger partial charge in [0.05, 0.1) is 0 Å². The maximum absolute atomic E-state index is 10.4. The summed E-state index contributed by atoms with van der Waals surface area (Å²) in [7, 11) is 0.